The van der Waals surface area contributed by atoms with Gasteiger partial charge < -0.3 is 4.74 Å². The van der Waals surface area contributed by atoms with Gasteiger partial charge in [0.15, 0.2) is 0 Å². The Hall–Kier alpha value is -2.63. The SMILES string of the molecule is COC(=O)CCCc1cc2nc(Cl)ccc2n1S(=O)(=O)c1ccc(S)c([N+](=O)[O-])c1. The van der Waals surface area contributed by atoms with Crippen LogP contribution < -0.4 is 0 Å². The minimum absolute atomic E-state index is 0.0445. The first-order valence-electron chi connectivity index (χ1n) is 8.62. The molecular formula is C18H16ClN3O6S2. The largest absolute Gasteiger partial charge is 0.469 e. The van der Waals surface area contributed by atoms with E-state index in [1.54, 1.807) is 6.07 Å². The molecule has 1 aromatic carbocycles. The third kappa shape index (κ3) is 4.27. The summed E-state index contributed by atoms with van der Waals surface area (Å²) < 4.78 is 32.5. The van der Waals surface area contributed by atoms with E-state index < -0.39 is 26.6 Å². The van der Waals surface area contributed by atoms with Crippen molar-refractivity contribution in [1.82, 2.24) is 8.96 Å². The van der Waals surface area contributed by atoms with E-state index in [2.05, 4.69) is 22.3 Å². The van der Waals surface area contributed by atoms with Gasteiger partial charge in [-0.3, -0.25) is 14.9 Å². The topological polar surface area (TPSA) is 121 Å². The van der Waals surface area contributed by atoms with Crippen LogP contribution >= 0.6 is 24.2 Å². The number of thiol groups is 1. The quantitative estimate of drug-likeness (QED) is 0.184. The summed E-state index contributed by atoms with van der Waals surface area (Å²) in [6.45, 7) is 0. The average molecular weight is 470 g/mol. The number of fused-ring (bicyclic) bond motifs is 1. The molecule has 0 aliphatic heterocycles. The van der Waals surface area contributed by atoms with Crippen molar-refractivity contribution in [2.45, 2.75) is 29.1 Å². The number of hydrogen-bond acceptors (Lipinski definition) is 8. The van der Waals surface area contributed by atoms with Gasteiger partial charge in [-0.15, -0.1) is 12.6 Å². The van der Waals surface area contributed by atoms with Crippen LogP contribution in [0.4, 0.5) is 5.69 Å². The van der Waals surface area contributed by atoms with E-state index in [-0.39, 0.29) is 33.3 Å². The first-order valence-corrected chi connectivity index (χ1v) is 10.9. The molecule has 0 aliphatic rings. The van der Waals surface area contributed by atoms with E-state index in [4.69, 9.17) is 11.6 Å². The smallest absolute Gasteiger partial charge is 0.305 e. The van der Waals surface area contributed by atoms with Crippen molar-refractivity contribution < 1.29 is 22.9 Å². The molecule has 9 nitrogen and oxygen atoms in total. The molecule has 0 saturated carbocycles. The number of halogens is 1. The average Bonchev–Trinajstić information content (AvgIpc) is 3.05. The number of hydrogen-bond donors (Lipinski definition) is 1. The molecule has 0 N–H and O–H groups in total. The number of nitrogens with zero attached hydrogens (tertiary/aromatic N) is 3. The highest BCUT2D eigenvalue weighted by molar-refractivity contribution is 7.90. The highest BCUT2D eigenvalue weighted by Crippen LogP contribution is 2.31. The molecule has 0 spiro atoms. The first kappa shape index (κ1) is 22.1. The Morgan fingerprint density at radius 3 is 2.70 bits per heavy atom. The number of nitro benzene ring substituents is 1. The van der Waals surface area contributed by atoms with Crippen LogP contribution in [0, 0.1) is 10.1 Å². The van der Waals surface area contributed by atoms with Crippen LogP contribution in [0.3, 0.4) is 0 Å². The van der Waals surface area contributed by atoms with Crippen molar-refractivity contribution in [2.24, 2.45) is 0 Å². The molecule has 30 heavy (non-hydrogen) atoms. The molecule has 12 heteroatoms. The molecule has 0 aliphatic carbocycles. The van der Waals surface area contributed by atoms with Crippen molar-refractivity contribution in [3.63, 3.8) is 0 Å². The minimum Gasteiger partial charge on any atom is -0.469 e. The van der Waals surface area contributed by atoms with E-state index in [0.717, 1.165) is 10.0 Å². The number of nitro groups is 1. The molecule has 2 heterocycles. The third-order valence-electron chi connectivity index (χ3n) is 4.37. The number of aryl methyl sites for hydroxylation is 1. The Morgan fingerprint density at radius 1 is 1.30 bits per heavy atom. The lowest BCUT2D eigenvalue weighted by Crippen LogP contribution is -2.16. The van der Waals surface area contributed by atoms with Crippen molar-refractivity contribution in [1.29, 1.82) is 0 Å². The fourth-order valence-corrected chi connectivity index (χ4v) is 4.93. The minimum atomic E-state index is -4.22. The van der Waals surface area contributed by atoms with Gasteiger partial charge in [0.05, 0.1) is 32.9 Å². The number of aromatic nitrogens is 2. The molecular weight excluding hydrogens is 454 g/mol. The first-order chi connectivity index (χ1) is 14.1. The Bertz CT molecular complexity index is 1260. The normalized spacial score (nSPS) is 11.6. The maximum atomic E-state index is 13.4. The number of ether oxygens (including phenoxy) is 1. The Balaban J connectivity index is 2.15. The zero-order valence-corrected chi connectivity index (χ0v) is 18.1. The second-order valence-corrected chi connectivity index (χ2v) is 8.94. The van der Waals surface area contributed by atoms with Crippen molar-refractivity contribution in [3.05, 3.63) is 57.4 Å². The molecule has 2 aromatic heterocycles. The van der Waals surface area contributed by atoms with Gasteiger partial charge in [-0.2, -0.15) is 0 Å². The second-order valence-electron chi connectivity index (χ2n) is 6.28. The van der Waals surface area contributed by atoms with Crippen LogP contribution in [-0.2, 0) is 26.0 Å². The van der Waals surface area contributed by atoms with Crippen LogP contribution in [0.2, 0.25) is 5.15 Å². The summed E-state index contributed by atoms with van der Waals surface area (Å²) in [6, 6.07) is 7.99. The summed E-state index contributed by atoms with van der Waals surface area (Å²) in [4.78, 5) is 25.9. The van der Waals surface area contributed by atoms with Gasteiger partial charge in [0.25, 0.3) is 15.7 Å². The highest BCUT2D eigenvalue weighted by atomic mass is 35.5. The van der Waals surface area contributed by atoms with Crippen LogP contribution in [-0.4, -0.2) is 35.4 Å². The van der Waals surface area contributed by atoms with Crippen molar-refractivity contribution in [3.8, 4) is 0 Å². The van der Waals surface area contributed by atoms with Gasteiger partial charge in [-0.25, -0.2) is 17.4 Å². The van der Waals surface area contributed by atoms with Gasteiger partial charge in [0.2, 0.25) is 0 Å². The van der Waals surface area contributed by atoms with Crippen LogP contribution in [0.1, 0.15) is 18.5 Å². The molecule has 0 fully saturated rings. The molecule has 3 aromatic rings. The molecule has 0 saturated heterocycles. The van der Waals surface area contributed by atoms with E-state index in [1.807, 2.05) is 0 Å². The molecule has 0 atom stereocenters. The second kappa shape index (κ2) is 8.62. The monoisotopic (exact) mass is 469 g/mol. The lowest BCUT2D eigenvalue weighted by molar-refractivity contribution is -0.387. The summed E-state index contributed by atoms with van der Waals surface area (Å²) >= 11 is 9.94. The molecule has 158 valence electrons. The maximum Gasteiger partial charge on any atom is 0.305 e. The predicted molar refractivity (Wildman–Crippen MR) is 113 cm³/mol. The summed E-state index contributed by atoms with van der Waals surface area (Å²) in [5, 5.41) is 11.4. The predicted octanol–water partition coefficient (Wildman–Crippen LogP) is 3.62. The number of rotatable bonds is 7. The Kier molecular flexibility index (Phi) is 6.34. The van der Waals surface area contributed by atoms with Gasteiger partial charge in [-0.1, -0.05) is 11.6 Å². The zero-order chi connectivity index (χ0) is 22.1. The molecule has 0 radical (unpaired) electrons. The van der Waals surface area contributed by atoms with Crippen molar-refractivity contribution >= 4 is 56.9 Å². The fourth-order valence-electron chi connectivity index (χ4n) is 2.98. The summed E-state index contributed by atoms with van der Waals surface area (Å²) in [7, 11) is -2.94. The number of methoxy groups -OCH3 is 1. The van der Waals surface area contributed by atoms with Crippen LogP contribution in [0.15, 0.2) is 46.2 Å². The number of carbonyl (C=O) groups is 1. The lowest BCUT2D eigenvalue weighted by Gasteiger charge is -2.12. The van der Waals surface area contributed by atoms with Crippen LogP contribution in [0.25, 0.3) is 11.0 Å². The fraction of sp³-hybridized carbons (Fsp3) is 0.222. The summed E-state index contributed by atoms with van der Waals surface area (Å²) in [5.74, 6) is -0.415. The van der Waals surface area contributed by atoms with E-state index in [0.29, 0.717) is 17.6 Å². The number of esters is 1. The zero-order valence-electron chi connectivity index (χ0n) is 15.6. The van der Waals surface area contributed by atoms with Crippen LogP contribution in [0.5, 0.6) is 0 Å². The molecule has 0 bridgehead atoms. The molecule has 0 amide bonds. The van der Waals surface area contributed by atoms with Crippen molar-refractivity contribution in [2.75, 3.05) is 7.11 Å². The van der Waals surface area contributed by atoms with E-state index in [1.165, 1.54) is 31.4 Å². The number of carbonyl (C=O) groups excluding carboxylic acids is 1. The van der Waals surface area contributed by atoms with Gasteiger partial charge in [-0.05, 0) is 43.2 Å². The standard InChI is InChI=1S/C18H16ClN3O6S2/c1-28-18(23)4-2-3-11-9-13-14(6-8-17(19)20-13)21(11)30(26,27)12-5-7-16(29)15(10-12)22(24)25/h5-10,29H,2-4H2,1H3. The van der Waals surface area contributed by atoms with Gasteiger partial charge in [0.1, 0.15) is 5.15 Å². The Morgan fingerprint density at radius 2 is 2.03 bits per heavy atom. The third-order valence-corrected chi connectivity index (χ3v) is 6.72. The van der Waals surface area contributed by atoms with E-state index >= 15 is 0 Å². The van der Waals surface area contributed by atoms with E-state index in [9.17, 15) is 23.3 Å². The van der Waals surface area contributed by atoms with Gasteiger partial charge in [0, 0.05) is 18.2 Å². The highest BCUT2D eigenvalue weighted by Gasteiger charge is 2.26. The summed E-state index contributed by atoms with van der Waals surface area (Å²) in [5.41, 5.74) is 0.551. The molecule has 0 unspecified atom stereocenters. The lowest BCUT2D eigenvalue weighted by atomic mass is 10.2. The summed E-state index contributed by atoms with van der Waals surface area (Å²) in [6.07, 6.45) is 0.670. The Labute approximate surface area is 182 Å². The number of benzene rings is 1. The maximum absolute atomic E-state index is 13.4. The number of pyridine rings is 1. The molecule has 3 rings (SSSR count). The van der Waals surface area contributed by atoms with Gasteiger partial charge >= 0.3 is 5.97 Å².